The van der Waals surface area contributed by atoms with E-state index in [9.17, 15) is 4.79 Å². The minimum atomic E-state index is -0.0889. The summed E-state index contributed by atoms with van der Waals surface area (Å²) in [6.07, 6.45) is 0. The zero-order chi connectivity index (χ0) is 17.1. The minimum absolute atomic E-state index is 0.0889. The van der Waals surface area contributed by atoms with E-state index < -0.39 is 0 Å². The number of hydrogen-bond donors (Lipinski definition) is 0. The molecule has 0 unspecified atom stereocenters. The quantitative estimate of drug-likeness (QED) is 0.698. The number of fused-ring (bicyclic) bond motifs is 1. The molecule has 24 heavy (non-hydrogen) atoms. The van der Waals surface area contributed by atoms with Gasteiger partial charge in [-0.15, -0.1) is 0 Å². The van der Waals surface area contributed by atoms with Gasteiger partial charge in [0, 0.05) is 24.0 Å². The Kier molecular flexibility index (Phi) is 4.56. The highest BCUT2D eigenvalue weighted by molar-refractivity contribution is 5.99. The van der Waals surface area contributed by atoms with Crippen molar-refractivity contribution in [1.82, 2.24) is 4.90 Å². The molecule has 0 spiro atoms. The van der Waals surface area contributed by atoms with E-state index in [0.29, 0.717) is 24.4 Å². The Hall–Kier alpha value is -2.75. The van der Waals surface area contributed by atoms with Crippen LogP contribution in [0.15, 0.2) is 52.9 Å². The number of carbonyl (C=O) groups is 1. The molecular weight excluding hydrogens is 302 g/mol. The molecule has 0 aliphatic rings. The molecule has 1 aromatic heterocycles. The minimum Gasteiger partial charge on any atom is -0.497 e. The number of furan rings is 1. The van der Waals surface area contributed by atoms with Gasteiger partial charge in [0.05, 0.1) is 7.11 Å². The lowest BCUT2D eigenvalue weighted by molar-refractivity contribution is 0.0722. The van der Waals surface area contributed by atoms with E-state index in [1.54, 1.807) is 12.0 Å². The third-order valence-corrected chi connectivity index (χ3v) is 4.22. The number of methoxy groups -OCH3 is 1. The zero-order valence-corrected chi connectivity index (χ0v) is 14.2. The third-order valence-electron chi connectivity index (χ3n) is 4.22. The van der Waals surface area contributed by atoms with Gasteiger partial charge in [-0.2, -0.15) is 0 Å². The van der Waals surface area contributed by atoms with Gasteiger partial charge in [0.15, 0.2) is 5.76 Å². The van der Waals surface area contributed by atoms with E-state index in [-0.39, 0.29) is 5.91 Å². The van der Waals surface area contributed by atoms with E-state index in [2.05, 4.69) is 0 Å². The van der Waals surface area contributed by atoms with Crippen LogP contribution < -0.4 is 4.74 Å². The van der Waals surface area contributed by atoms with Crippen LogP contribution >= 0.6 is 0 Å². The molecule has 4 heteroatoms. The number of aryl methyl sites for hydroxylation is 1. The third kappa shape index (κ3) is 3.00. The van der Waals surface area contributed by atoms with Crippen LogP contribution in [0.4, 0.5) is 0 Å². The SMILES string of the molecule is CCN(Cc1ccccc1)C(=O)c1oc2ccc(OC)cc2c1C. The van der Waals surface area contributed by atoms with Crippen molar-refractivity contribution in [1.29, 1.82) is 0 Å². The number of rotatable bonds is 5. The van der Waals surface area contributed by atoms with Gasteiger partial charge in [-0.05, 0) is 37.6 Å². The number of amides is 1. The summed E-state index contributed by atoms with van der Waals surface area (Å²) in [5.74, 6) is 1.06. The number of hydrogen-bond acceptors (Lipinski definition) is 3. The molecule has 0 saturated carbocycles. The summed E-state index contributed by atoms with van der Waals surface area (Å²) in [7, 11) is 1.63. The Morgan fingerprint density at radius 3 is 2.58 bits per heavy atom. The summed E-state index contributed by atoms with van der Waals surface area (Å²) in [6.45, 7) is 5.07. The van der Waals surface area contributed by atoms with E-state index in [1.807, 2.05) is 62.4 Å². The van der Waals surface area contributed by atoms with E-state index >= 15 is 0 Å². The summed E-state index contributed by atoms with van der Waals surface area (Å²) >= 11 is 0. The summed E-state index contributed by atoms with van der Waals surface area (Å²) in [5.41, 5.74) is 2.65. The predicted octanol–water partition coefficient (Wildman–Crippen LogP) is 4.41. The standard InChI is InChI=1S/C20H21NO3/c1-4-21(13-15-8-6-5-7-9-15)20(22)19-14(2)17-12-16(23-3)10-11-18(17)24-19/h5-12H,4,13H2,1-3H3. The van der Waals surface area contributed by atoms with Crippen molar-refractivity contribution in [3.63, 3.8) is 0 Å². The van der Waals surface area contributed by atoms with Crippen molar-refractivity contribution in [2.45, 2.75) is 20.4 Å². The van der Waals surface area contributed by atoms with Crippen LogP contribution in [0.3, 0.4) is 0 Å². The lowest BCUT2D eigenvalue weighted by atomic mass is 10.1. The van der Waals surface area contributed by atoms with Gasteiger partial charge in [-0.25, -0.2) is 0 Å². The molecule has 3 rings (SSSR count). The van der Waals surface area contributed by atoms with Crippen LogP contribution in [0.1, 0.15) is 28.6 Å². The van der Waals surface area contributed by atoms with Gasteiger partial charge in [-0.3, -0.25) is 4.79 Å². The second-order valence-corrected chi connectivity index (χ2v) is 5.72. The molecule has 124 valence electrons. The summed E-state index contributed by atoms with van der Waals surface area (Å²) < 4.78 is 11.1. The number of benzene rings is 2. The fourth-order valence-corrected chi connectivity index (χ4v) is 2.81. The second-order valence-electron chi connectivity index (χ2n) is 5.72. The second kappa shape index (κ2) is 6.79. The van der Waals surface area contributed by atoms with Gasteiger partial charge < -0.3 is 14.1 Å². The Balaban J connectivity index is 1.93. The van der Waals surface area contributed by atoms with Crippen molar-refractivity contribution in [3.05, 3.63) is 65.4 Å². The summed E-state index contributed by atoms with van der Waals surface area (Å²) in [5, 5.41) is 0.911. The van der Waals surface area contributed by atoms with Crippen LogP contribution in [-0.4, -0.2) is 24.5 Å². The molecule has 2 aromatic carbocycles. The molecule has 1 heterocycles. The van der Waals surface area contributed by atoms with Crippen LogP contribution in [0.25, 0.3) is 11.0 Å². The fraction of sp³-hybridized carbons (Fsp3) is 0.250. The van der Waals surface area contributed by atoms with Crippen LogP contribution in [-0.2, 0) is 6.54 Å². The van der Waals surface area contributed by atoms with Gasteiger partial charge in [0.1, 0.15) is 11.3 Å². The molecule has 0 N–H and O–H groups in total. The Bertz CT molecular complexity index is 852. The Morgan fingerprint density at radius 1 is 1.17 bits per heavy atom. The molecule has 3 aromatic rings. The van der Waals surface area contributed by atoms with Crippen molar-refractivity contribution < 1.29 is 13.9 Å². The highest BCUT2D eigenvalue weighted by Crippen LogP contribution is 2.29. The van der Waals surface area contributed by atoms with Crippen LogP contribution in [0, 0.1) is 6.92 Å². The first kappa shape index (κ1) is 16.1. The van der Waals surface area contributed by atoms with Gasteiger partial charge >= 0.3 is 0 Å². The maximum atomic E-state index is 12.9. The molecule has 0 saturated heterocycles. The molecule has 0 fully saturated rings. The monoisotopic (exact) mass is 323 g/mol. The zero-order valence-electron chi connectivity index (χ0n) is 14.2. The fourth-order valence-electron chi connectivity index (χ4n) is 2.81. The van der Waals surface area contributed by atoms with Crippen LogP contribution in [0.2, 0.25) is 0 Å². The number of ether oxygens (including phenoxy) is 1. The molecule has 4 nitrogen and oxygen atoms in total. The van der Waals surface area contributed by atoms with Gasteiger partial charge in [0.25, 0.3) is 5.91 Å². The molecule has 1 amide bonds. The molecule has 0 aliphatic heterocycles. The highest BCUT2D eigenvalue weighted by Gasteiger charge is 2.22. The van der Waals surface area contributed by atoms with Crippen molar-refractivity contribution in [2.24, 2.45) is 0 Å². The molecule has 0 bridgehead atoms. The average molecular weight is 323 g/mol. The maximum absolute atomic E-state index is 12.9. The summed E-state index contributed by atoms with van der Waals surface area (Å²) in [6, 6.07) is 15.5. The number of nitrogens with zero attached hydrogens (tertiary/aromatic N) is 1. The highest BCUT2D eigenvalue weighted by atomic mass is 16.5. The van der Waals surface area contributed by atoms with Crippen molar-refractivity contribution in [2.75, 3.05) is 13.7 Å². The summed E-state index contributed by atoms with van der Waals surface area (Å²) in [4.78, 5) is 14.7. The van der Waals surface area contributed by atoms with Crippen molar-refractivity contribution in [3.8, 4) is 5.75 Å². The van der Waals surface area contributed by atoms with Crippen LogP contribution in [0.5, 0.6) is 5.75 Å². The molecule has 0 radical (unpaired) electrons. The molecule has 0 atom stereocenters. The molecular formula is C20H21NO3. The molecule has 0 aliphatic carbocycles. The predicted molar refractivity (Wildman–Crippen MR) is 94.4 cm³/mol. The van der Waals surface area contributed by atoms with E-state index in [0.717, 1.165) is 22.3 Å². The smallest absolute Gasteiger partial charge is 0.290 e. The number of carbonyl (C=O) groups excluding carboxylic acids is 1. The maximum Gasteiger partial charge on any atom is 0.290 e. The van der Waals surface area contributed by atoms with E-state index in [4.69, 9.17) is 9.15 Å². The van der Waals surface area contributed by atoms with Gasteiger partial charge in [-0.1, -0.05) is 30.3 Å². The van der Waals surface area contributed by atoms with E-state index in [1.165, 1.54) is 0 Å². The first-order valence-corrected chi connectivity index (χ1v) is 8.04. The average Bonchev–Trinajstić information content (AvgIpc) is 2.96. The lowest BCUT2D eigenvalue weighted by Gasteiger charge is -2.20. The topological polar surface area (TPSA) is 42.7 Å². The first-order chi connectivity index (χ1) is 11.6. The Labute approximate surface area is 141 Å². The largest absolute Gasteiger partial charge is 0.497 e. The van der Waals surface area contributed by atoms with Crippen molar-refractivity contribution >= 4 is 16.9 Å². The Morgan fingerprint density at radius 2 is 1.92 bits per heavy atom. The lowest BCUT2D eigenvalue weighted by Crippen LogP contribution is -2.30. The normalized spacial score (nSPS) is 10.8. The van der Waals surface area contributed by atoms with Gasteiger partial charge in [0.2, 0.25) is 0 Å². The first-order valence-electron chi connectivity index (χ1n) is 8.04.